The van der Waals surface area contributed by atoms with Gasteiger partial charge in [0.05, 0.1) is 11.4 Å². The first kappa shape index (κ1) is 21.2. The number of nitrogens with zero attached hydrogens (tertiary/aromatic N) is 5. The summed E-state index contributed by atoms with van der Waals surface area (Å²) in [5.41, 5.74) is 7.95. The van der Waals surface area contributed by atoms with Crippen molar-refractivity contribution in [3.05, 3.63) is 77.6 Å². The number of rotatable bonds is 6. The number of fused-ring (bicyclic) bond motifs is 3. The predicted molar refractivity (Wildman–Crippen MR) is 132 cm³/mol. The van der Waals surface area contributed by atoms with Gasteiger partial charge in [0, 0.05) is 23.6 Å². The van der Waals surface area contributed by atoms with Gasteiger partial charge in [0.25, 0.3) is 0 Å². The third-order valence-corrected chi connectivity index (χ3v) is 6.55. The molecule has 0 aliphatic heterocycles. The maximum atomic E-state index is 12.5. The van der Waals surface area contributed by atoms with Crippen LogP contribution in [0.3, 0.4) is 0 Å². The van der Waals surface area contributed by atoms with Gasteiger partial charge in [0.2, 0.25) is 5.91 Å². The Hall–Kier alpha value is -3.65. The molecule has 0 aliphatic carbocycles. The molecule has 0 fully saturated rings. The zero-order valence-corrected chi connectivity index (χ0v) is 19.6. The SMILES string of the molecule is CCc1cccc(NC(=O)CSc2nnc3c4cc(-c5cc(C)ccc5C)nn4ccn23)c1. The molecule has 0 bridgehead atoms. The Labute approximate surface area is 195 Å². The van der Waals surface area contributed by atoms with Gasteiger partial charge in [-0.2, -0.15) is 5.10 Å². The van der Waals surface area contributed by atoms with Gasteiger partial charge in [0.15, 0.2) is 10.8 Å². The van der Waals surface area contributed by atoms with E-state index in [1.54, 1.807) is 0 Å². The second-order valence-electron chi connectivity index (χ2n) is 8.04. The van der Waals surface area contributed by atoms with E-state index in [1.807, 2.05) is 45.6 Å². The van der Waals surface area contributed by atoms with Crippen molar-refractivity contribution in [3.63, 3.8) is 0 Å². The minimum Gasteiger partial charge on any atom is -0.325 e. The molecule has 5 aromatic rings. The van der Waals surface area contributed by atoms with Crippen LogP contribution >= 0.6 is 11.8 Å². The van der Waals surface area contributed by atoms with Crippen LogP contribution in [0.15, 0.2) is 66.1 Å². The van der Waals surface area contributed by atoms with E-state index in [0.717, 1.165) is 28.9 Å². The van der Waals surface area contributed by atoms with Crippen LogP contribution in [-0.2, 0) is 11.2 Å². The summed E-state index contributed by atoms with van der Waals surface area (Å²) in [6.45, 7) is 6.26. The first-order valence-electron chi connectivity index (χ1n) is 10.8. The monoisotopic (exact) mass is 456 g/mol. The number of benzene rings is 2. The summed E-state index contributed by atoms with van der Waals surface area (Å²) in [5, 5.41) is 17.1. The fourth-order valence-corrected chi connectivity index (χ4v) is 4.55. The Morgan fingerprint density at radius 3 is 2.79 bits per heavy atom. The fraction of sp³-hybridized carbons (Fsp3) is 0.200. The van der Waals surface area contributed by atoms with E-state index in [4.69, 9.17) is 5.10 Å². The van der Waals surface area contributed by atoms with Gasteiger partial charge in [-0.25, -0.2) is 4.52 Å². The summed E-state index contributed by atoms with van der Waals surface area (Å²) in [6.07, 6.45) is 4.70. The summed E-state index contributed by atoms with van der Waals surface area (Å²) in [5.74, 6) is 0.169. The van der Waals surface area contributed by atoms with Crippen LogP contribution in [0.25, 0.3) is 22.4 Å². The molecular formula is C25H24N6OS. The van der Waals surface area contributed by atoms with Crippen molar-refractivity contribution >= 4 is 34.5 Å². The number of nitrogens with one attached hydrogen (secondary N) is 1. The van der Waals surface area contributed by atoms with Crippen molar-refractivity contribution in [2.45, 2.75) is 32.3 Å². The molecule has 166 valence electrons. The Kier molecular flexibility index (Phi) is 5.60. The average molecular weight is 457 g/mol. The van der Waals surface area contributed by atoms with E-state index >= 15 is 0 Å². The third-order valence-electron chi connectivity index (χ3n) is 5.61. The number of aryl methyl sites for hydroxylation is 3. The first-order valence-corrected chi connectivity index (χ1v) is 11.8. The Morgan fingerprint density at radius 2 is 1.94 bits per heavy atom. The largest absolute Gasteiger partial charge is 0.325 e. The minimum atomic E-state index is -0.0763. The number of hydrogen-bond acceptors (Lipinski definition) is 5. The fourth-order valence-electron chi connectivity index (χ4n) is 3.83. The first-order chi connectivity index (χ1) is 16.0. The Morgan fingerprint density at radius 1 is 1.06 bits per heavy atom. The molecule has 0 saturated heterocycles. The van der Waals surface area contributed by atoms with Crippen LogP contribution < -0.4 is 5.32 Å². The maximum Gasteiger partial charge on any atom is 0.234 e. The molecule has 3 aromatic heterocycles. The second kappa shape index (κ2) is 8.71. The number of amides is 1. The smallest absolute Gasteiger partial charge is 0.234 e. The summed E-state index contributed by atoms with van der Waals surface area (Å²) in [7, 11) is 0. The van der Waals surface area contributed by atoms with Gasteiger partial charge >= 0.3 is 0 Å². The van der Waals surface area contributed by atoms with Crippen molar-refractivity contribution < 1.29 is 4.79 Å². The van der Waals surface area contributed by atoms with Crippen molar-refractivity contribution in [1.29, 1.82) is 0 Å². The predicted octanol–water partition coefficient (Wildman–Crippen LogP) is 4.95. The lowest BCUT2D eigenvalue weighted by atomic mass is 10.0. The van der Waals surface area contributed by atoms with Gasteiger partial charge in [0.1, 0.15) is 5.52 Å². The van der Waals surface area contributed by atoms with Crippen LogP contribution in [0.5, 0.6) is 0 Å². The van der Waals surface area contributed by atoms with Gasteiger partial charge in [-0.3, -0.25) is 9.20 Å². The van der Waals surface area contributed by atoms with Crippen LogP contribution in [0, 0.1) is 13.8 Å². The molecule has 7 nitrogen and oxygen atoms in total. The highest BCUT2D eigenvalue weighted by Gasteiger charge is 2.15. The van der Waals surface area contributed by atoms with Gasteiger partial charge < -0.3 is 5.32 Å². The van der Waals surface area contributed by atoms with Crippen molar-refractivity contribution in [3.8, 4) is 11.3 Å². The lowest BCUT2D eigenvalue weighted by molar-refractivity contribution is -0.113. The zero-order chi connectivity index (χ0) is 22.9. The molecule has 1 N–H and O–H groups in total. The molecule has 0 atom stereocenters. The van der Waals surface area contributed by atoms with E-state index in [1.165, 1.54) is 28.5 Å². The average Bonchev–Trinajstić information content (AvgIpc) is 3.43. The highest BCUT2D eigenvalue weighted by atomic mass is 32.2. The molecule has 1 amide bonds. The highest BCUT2D eigenvalue weighted by Crippen LogP contribution is 2.27. The van der Waals surface area contributed by atoms with Gasteiger partial charge in [-0.1, -0.05) is 48.5 Å². The third kappa shape index (κ3) is 4.21. The molecular weight excluding hydrogens is 432 g/mol. The van der Waals surface area contributed by atoms with Gasteiger partial charge in [-0.15, -0.1) is 10.2 Å². The summed E-state index contributed by atoms with van der Waals surface area (Å²) in [6, 6.07) is 16.3. The molecule has 0 saturated carbocycles. The molecule has 3 heterocycles. The molecule has 0 spiro atoms. The molecule has 0 aliphatic rings. The molecule has 8 heteroatoms. The molecule has 0 radical (unpaired) electrons. The van der Waals surface area contributed by atoms with E-state index in [-0.39, 0.29) is 11.7 Å². The number of thioether (sulfide) groups is 1. The van der Waals surface area contributed by atoms with Crippen molar-refractivity contribution in [1.82, 2.24) is 24.2 Å². The van der Waals surface area contributed by atoms with Crippen LogP contribution in [-0.4, -0.2) is 35.9 Å². The molecule has 33 heavy (non-hydrogen) atoms. The number of carbonyl (C=O) groups is 1. The van der Waals surface area contributed by atoms with Crippen LogP contribution in [0.2, 0.25) is 0 Å². The zero-order valence-electron chi connectivity index (χ0n) is 18.7. The maximum absolute atomic E-state index is 12.5. The topological polar surface area (TPSA) is 76.6 Å². The molecule has 2 aromatic carbocycles. The Balaban J connectivity index is 1.37. The second-order valence-corrected chi connectivity index (χ2v) is 8.99. The molecule has 5 rings (SSSR count). The lowest BCUT2D eigenvalue weighted by Crippen LogP contribution is -2.14. The number of carbonyl (C=O) groups excluding carboxylic acids is 1. The summed E-state index contributed by atoms with van der Waals surface area (Å²) in [4.78, 5) is 12.5. The van der Waals surface area contributed by atoms with Crippen LogP contribution in [0.4, 0.5) is 5.69 Å². The lowest BCUT2D eigenvalue weighted by Gasteiger charge is -2.06. The van der Waals surface area contributed by atoms with Crippen molar-refractivity contribution in [2.75, 3.05) is 11.1 Å². The standard InChI is InChI=1S/C25H24N6OS/c1-4-18-6-5-7-19(13-18)26-23(32)15-33-25-28-27-24-22-14-21(29-31(22)11-10-30(24)25)20-12-16(2)8-9-17(20)3/h5-14H,4,15H2,1-3H3,(H,26,32). The Bertz CT molecular complexity index is 1490. The number of aromatic nitrogens is 5. The number of hydrogen-bond donors (Lipinski definition) is 1. The van der Waals surface area contributed by atoms with Crippen LogP contribution in [0.1, 0.15) is 23.6 Å². The van der Waals surface area contributed by atoms with E-state index < -0.39 is 0 Å². The van der Waals surface area contributed by atoms with E-state index in [9.17, 15) is 4.79 Å². The number of anilines is 1. The quantitative estimate of drug-likeness (QED) is 0.366. The van der Waals surface area contributed by atoms with E-state index in [2.05, 4.69) is 60.6 Å². The van der Waals surface area contributed by atoms with Gasteiger partial charge in [-0.05, 0) is 55.7 Å². The summed E-state index contributed by atoms with van der Waals surface area (Å²) < 4.78 is 3.72. The molecule has 0 unspecified atom stereocenters. The normalized spacial score (nSPS) is 11.4. The summed E-state index contributed by atoms with van der Waals surface area (Å²) >= 11 is 1.36. The highest BCUT2D eigenvalue weighted by molar-refractivity contribution is 7.99. The van der Waals surface area contributed by atoms with Crippen molar-refractivity contribution in [2.24, 2.45) is 0 Å². The van der Waals surface area contributed by atoms with E-state index in [0.29, 0.717) is 10.8 Å². The minimum absolute atomic E-state index is 0.0763.